The van der Waals surface area contributed by atoms with Crippen LogP contribution in [0, 0.1) is 0 Å². The lowest BCUT2D eigenvalue weighted by atomic mass is 9.88. The SMILES string of the molecule is CC(C)(C)c1cc[n+](C[n+]2ccc(C(C)(C)C)cc2)cc1.[Cl-].[Cl-]. The fourth-order valence-electron chi connectivity index (χ4n) is 2.29. The summed E-state index contributed by atoms with van der Waals surface area (Å²) in [6.07, 6.45) is 8.63. The van der Waals surface area contributed by atoms with Crippen LogP contribution in [0.1, 0.15) is 52.7 Å². The third-order valence-electron chi connectivity index (χ3n) is 3.84. The van der Waals surface area contributed by atoms with Crippen LogP contribution >= 0.6 is 0 Å². The second-order valence-electron chi connectivity index (χ2n) is 7.84. The molecule has 4 heteroatoms. The van der Waals surface area contributed by atoms with Gasteiger partial charge in [-0.05, 0) is 22.0 Å². The molecule has 0 fully saturated rings. The molecule has 0 bridgehead atoms. The lowest BCUT2D eigenvalue weighted by Gasteiger charge is -2.17. The second kappa shape index (κ2) is 8.12. The highest BCUT2D eigenvalue weighted by Gasteiger charge is 2.17. The van der Waals surface area contributed by atoms with E-state index in [1.165, 1.54) is 11.1 Å². The Morgan fingerprint density at radius 3 is 1.09 bits per heavy atom. The molecule has 128 valence electrons. The normalized spacial score (nSPS) is 11.4. The molecule has 0 unspecified atom stereocenters. The van der Waals surface area contributed by atoms with Crippen LogP contribution in [-0.4, -0.2) is 0 Å². The fourth-order valence-corrected chi connectivity index (χ4v) is 2.29. The highest BCUT2D eigenvalue weighted by Crippen LogP contribution is 2.20. The number of aromatic nitrogens is 2. The van der Waals surface area contributed by atoms with Crippen LogP contribution in [-0.2, 0) is 17.5 Å². The van der Waals surface area contributed by atoms with Gasteiger partial charge < -0.3 is 24.8 Å². The van der Waals surface area contributed by atoms with Crippen LogP contribution in [0.25, 0.3) is 0 Å². The zero-order valence-corrected chi connectivity index (χ0v) is 16.5. The summed E-state index contributed by atoms with van der Waals surface area (Å²) in [4.78, 5) is 0. The Bertz CT molecular complexity index is 536. The molecular weight excluding hydrogens is 327 g/mol. The number of hydrogen-bond donors (Lipinski definition) is 0. The van der Waals surface area contributed by atoms with Gasteiger partial charge in [-0.1, -0.05) is 41.5 Å². The standard InChI is InChI=1S/C19H28N2.2ClH/c1-18(2,3)16-7-11-20(12-8-16)15-21-13-9-17(10-14-21)19(4,5)6;;/h7-14H,15H2,1-6H3;2*1H/q+2;;/p-2. The molecule has 0 aliphatic carbocycles. The van der Waals surface area contributed by atoms with Crippen molar-refractivity contribution in [3.63, 3.8) is 0 Å². The monoisotopic (exact) mass is 354 g/mol. The van der Waals surface area contributed by atoms with Gasteiger partial charge in [-0.25, -0.2) is 0 Å². The summed E-state index contributed by atoms with van der Waals surface area (Å²) in [7, 11) is 0. The summed E-state index contributed by atoms with van der Waals surface area (Å²) in [6.45, 7) is 14.3. The van der Waals surface area contributed by atoms with Gasteiger partial charge in [-0.3, -0.25) is 0 Å². The van der Waals surface area contributed by atoms with Gasteiger partial charge in [0.15, 0.2) is 24.8 Å². The quantitative estimate of drug-likeness (QED) is 0.521. The molecule has 0 aliphatic rings. The molecule has 0 saturated carbocycles. The van der Waals surface area contributed by atoms with Gasteiger partial charge in [0, 0.05) is 24.3 Å². The molecule has 0 saturated heterocycles. The minimum Gasteiger partial charge on any atom is -1.00 e. The maximum Gasteiger partial charge on any atom is 0.343 e. The van der Waals surface area contributed by atoms with Gasteiger partial charge in [-0.15, -0.1) is 9.13 Å². The van der Waals surface area contributed by atoms with Crippen molar-refractivity contribution in [3.05, 3.63) is 60.2 Å². The van der Waals surface area contributed by atoms with Crippen molar-refractivity contribution in [1.29, 1.82) is 0 Å². The van der Waals surface area contributed by atoms with Crippen molar-refractivity contribution in [2.75, 3.05) is 0 Å². The van der Waals surface area contributed by atoms with Gasteiger partial charge in [-0.2, -0.15) is 0 Å². The van der Waals surface area contributed by atoms with Crippen molar-refractivity contribution >= 4 is 0 Å². The Morgan fingerprint density at radius 1 is 0.609 bits per heavy atom. The second-order valence-corrected chi connectivity index (χ2v) is 7.84. The van der Waals surface area contributed by atoms with Crippen LogP contribution in [0.3, 0.4) is 0 Å². The third kappa shape index (κ3) is 6.12. The van der Waals surface area contributed by atoms with Gasteiger partial charge in [0.1, 0.15) is 0 Å². The average Bonchev–Trinajstić information content (AvgIpc) is 2.38. The fraction of sp³-hybridized carbons (Fsp3) is 0.474. The largest absolute Gasteiger partial charge is 1.00 e. The van der Waals surface area contributed by atoms with E-state index in [1.807, 2.05) is 0 Å². The van der Waals surface area contributed by atoms with E-state index in [0.717, 1.165) is 6.67 Å². The van der Waals surface area contributed by atoms with E-state index in [4.69, 9.17) is 0 Å². The molecule has 0 radical (unpaired) electrons. The summed E-state index contributed by atoms with van der Waals surface area (Å²) >= 11 is 0. The number of rotatable bonds is 2. The molecule has 2 rings (SSSR count). The van der Waals surface area contributed by atoms with Gasteiger partial charge in [0.25, 0.3) is 0 Å². The molecule has 2 aromatic heterocycles. The average molecular weight is 355 g/mol. The predicted molar refractivity (Wildman–Crippen MR) is 86.1 cm³/mol. The summed E-state index contributed by atoms with van der Waals surface area (Å²) in [5.74, 6) is 0. The van der Waals surface area contributed by atoms with Crippen molar-refractivity contribution in [2.45, 2.75) is 59.0 Å². The van der Waals surface area contributed by atoms with E-state index in [9.17, 15) is 0 Å². The molecule has 0 aromatic carbocycles. The molecule has 2 aromatic rings. The smallest absolute Gasteiger partial charge is 0.343 e. The minimum absolute atomic E-state index is 0. The van der Waals surface area contributed by atoms with Gasteiger partial charge >= 0.3 is 6.67 Å². The molecule has 0 spiro atoms. The first-order chi connectivity index (χ1) is 9.66. The molecule has 0 amide bonds. The van der Waals surface area contributed by atoms with E-state index in [0.29, 0.717) is 0 Å². The lowest BCUT2D eigenvalue weighted by Crippen LogP contribution is -3.00. The van der Waals surface area contributed by atoms with Crippen molar-refractivity contribution < 1.29 is 33.9 Å². The Kier molecular flexibility index (Phi) is 7.72. The first-order valence-corrected chi connectivity index (χ1v) is 7.65. The number of nitrogens with zero attached hydrogens (tertiary/aromatic N) is 2. The van der Waals surface area contributed by atoms with Crippen LogP contribution in [0.15, 0.2) is 49.1 Å². The highest BCUT2D eigenvalue weighted by atomic mass is 35.5. The molecule has 0 N–H and O–H groups in total. The maximum absolute atomic E-state index is 2.24. The summed E-state index contributed by atoms with van der Waals surface area (Å²) < 4.78 is 4.40. The Balaban J connectivity index is 0.00000242. The van der Waals surface area contributed by atoms with Crippen molar-refractivity contribution in [2.24, 2.45) is 0 Å². The van der Waals surface area contributed by atoms with E-state index < -0.39 is 0 Å². The Hall–Kier alpha value is -1.12. The predicted octanol–water partition coefficient (Wildman–Crippen LogP) is -2.63. The Labute approximate surface area is 153 Å². The highest BCUT2D eigenvalue weighted by molar-refractivity contribution is 5.18. The first-order valence-electron chi connectivity index (χ1n) is 7.65. The van der Waals surface area contributed by atoms with Crippen LogP contribution in [0.4, 0.5) is 0 Å². The van der Waals surface area contributed by atoms with Crippen LogP contribution < -0.4 is 33.9 Å². The third-order valence-corrected chi connectivity index (χ3v) is 3.84. The summed E-state index contributed by atoms with van der Waals surface area (Å²) in [5, 5.41) is 0. The molecule has 2 heterocycles. The van der Waals surface area contributed by atoms with Gasteiger partial charge in [0.2, 0.25) is 0 Å². The minimum atomic E-state index is 0. The number of hydrogen-bond acceptors (Lipinski definition) is 0. The van der Waals surface area contributed by atoms with E-state index in [1.54, 1.807) is 0 Å². The zero-order valence-electron chi connectivity index (χ0n) is 15.0. The molecule has 0 atom stereocenters. The van der Waals surface area contributed by atoms with E-state index in [2.05, 4.69) is 99.7 Å². The Morgan fingerprint density at radius 2 is 0.870 bits per heavy atom. The van der Waals surface area contributed by atoms with E-state index in [-0.39, 0.29) is 35.6 Å². The van der Waals surface area contributed by atoms with Crippen LogP contribution in [0.2, 0.25) is 0 Å². The zero-order chi connectivity index (χ0) is 15.7. The molecule has 0 aliphatic heterocycles. The van der Waals surface area contributed by atoms with Crippen molar-refractivity contribution in [1.82, 2.24) is 0 Å². The van der Waals surface area contributed by atoms with E-state index >= 15 is 0 Å². The van der Waals surface area contributed by atoms with Crippen molar-refractivity contribution in [3.8, 4) is 0 Å². The van der Waals surface area contributed by atoms with Gasteiger partial charge in [0.05, 0.1) is 0 Å². The number of pyridine rings is 2. The molecule has 2 nitrogen and oxygen atoms in total. The molecular formula is C19H28Cl2N2. The molecule has 23 heavy (non-hydrogen) atoms. The number of halogens is 2. The van der Waals surface area contributed by atoms with Crippen LogP contribution in [0.5, 0.6) is 0 Å². The summed E-state index contributed by atoms with van der Waals surface area (Å²) in [6, 6.07) is 8.85. The first kappa shape index (κ1) is 21.9. The summed E-state index contributed by atoms with van der Waals surface area (Å²) in [5.41, 5.74) is 3.15. The lowest BCUT2D eigenvalue weighted by molar-refractivity contribution is -0.913. The maximum atomic E-state index is 2.24. The topological polar surface area (TPSA) is 7.76 Å².